The molecule has 5 nitrogen and oxygen atoms in total. The maximum Gasteiger partial charge on any atom is 0.318 e. The molecule has 0 bridgehead atoms. The predicted molar refractivity (Wildman–Crippen MR) is 55.5 cm³/mol. The quantitative estimate of drug-likeness (QED) is 0.735. The van der Waals surface area contributed by atoms with Crippen molar-refractivity contribution in [1.29, 1.82) is 0 Å². The Labute approximate surface area is 83.7 Å². The van der Waals surface area contributed by atoms with Crippen LogP contribution in [0.15, 0.2) is 6.07 Å². The number of rotatable bonds is 4. The summed E-state index contributed by atoms with van der Waals surface area (Å²) in [5.74, 6) is 0.743. The minimum absolute atomic E-state index is 0.189. The molecule has 0 aliphatic rings. The van der Waals surface area contributed by atoms with Gasteiger partial charge in [0.1, 0.15) is 5.82 Å². The second-order valence-corrected chi connectivity index (χ2v) is 3.16. The van der Waals surface area contributed by atoms with Crippen LogP contribution in [0.25, 0.3) is 0 Å². The number of hydrogen-bond acceptors (Lipinski definition) is 5. The smallest absolute Gasteiger partial charge is 0.318 e. The molecule has 1 atom stereocenters. The highest BCUT2D eigenvalue weighted by Gasteiger charge is 2.04. The van der Waals surface area contributed by atoms with Gasteiger partial charge in [0.15, 0.2) is 0 Å². The third-order valence-corrected chi connectivity index (χ3v) is 1.76. The number of nitrogens with two attached hydrogens (primary N) is 1. The lowest BCUT2D eigenvalue weighted by atomic mass is 10.3. The number of aryl methyl sites for hydroxylation is 1. The Hall–Kier alpha value is -1.36. The van der Waals surface area contributed by atoms with Gasteiger partial charge in [-0.2, -0.15) is 4.98 Å². The number of methoxy groups -OCH3 is 1. The van der Waals surface area contributed by atoms with Crippen molar-refractivity contribution in [2.45, 2.75) is 19.9 Å². The van der Waals surface area contributed by atoms with Crippen LogP contribution in [0.1, 0.15) is 12.6 Å². The number of hydrogen-bond donors (Lipinski definition) is 2. The maximum absolute atomic E-state index is 5.49. The first-order valence-corrected chi connectivity index (χ1v) is 4.52. The van der Waals surface area contributed by atoms with Crippen LogP contribution in [0.2, 0.25) is 0 Å². The number of nitrogens with one attached hydrogen (secondary N) is 1. The van der Waals surface area contributed by atoms with Crippen LogP contribution in [0, 0.1) is 6.92 Å². The SMILES string of the molecule is COc1nc(C)cc(NC(C)CN)n1. The van der Waals surface area contributed by atoms with Crippen LogP contribution in [-0.2, 0) is 0 Å². The Balaban J connectivity index is 2.81. The number of aromatic nitrogens is 2. The number of anilines is 1. The van der Waals surface area contributed by atoms with Crippen molar-refractivity contribution in [2.75, 3.05) is 19.0 Å². The van der Waals surface area contributed by atoms with Gasteiger partial charge in [0.25, 0.3) is 0 Å². The Morgan fingerprint density at radius 3 is 2.86 bits per heavy atom. The van der Waals surface area contributed by atoms with Crippen molar-refractivity contribution >= 4 is 5.82 Å². The fourth-order valence-corrected chi connectivity index (χ4v) is 1.02. The Kier molecular flexibility index (Phi) is 3.64. The summed E-state index contributed by atoms with van der Waals surface area (Å²) in [6.45, 7) is 4.44. The van der Waals surface area contributed by atoms with Gasteiger partial charge in [-0.25, -0.2) is 4.98 Å². The van der Waals surface area contributed by atoms with Gasteiger partial charge >= 0.3 is 6.01 Å². The molecule has 1 aromatic rings. The van der Waals surface area contributed by atoms with Crippen molar-refractivity contribution in [1.82, 2.24) is 9.97 Å². The predicted octanol–water partition coefficient (Wildman–Crippen LogP) is 0.553. The minimum atomic E-state index is 0.189. The summed E-state index contributed by atoms with van der Waals surface area (Å²) in [6.07, 6.45) is 0. The second-order valence-electron chi connectivity index (χ2n) is 3.16. The molecular formula is C9H16N4O. The molecule has 1 aromatic heterocycles. The van der Waals surface area contributed by atoms with Crippen LogP contribution in [-0.4, -0.2) is 29.7 Å². The van der Waals surface area contributed by atoms with Crippen molar-refractivity contribution < 1.29 is 4.74 Å². The molecule has 0 amide bonds. The molecule has 14 heavy (non-hydrogen) atoms. The molecule has 0 aliphatic carbocycles. The lowest BCUT2D eigenvalue weighted by molar-refractivity contribution is 0.379. The van der Waals surface area contributed by atoms with Crippen molar-refractivity contribution in [3.8, 4) is 6.01 Å². The van der Waals surface area contributed by atoms with E-state index in [1.54, 1.807) is 7.11 Å². The third-order valence-electron chi connectivity index (χ3n) is 1.76. The highest BCUT2D eigenvalue weighted by atomic mass is 16.5. The van der Waals surface area contributed by atoms with Gasteiger partial charge in [-0.15, -0.1) is 0 Å². The Bertz CT molecular complexity index is 303. The topological polar surface area (TPSA) is 73.1 Å². The number of ether oxygens (including phenoxy) is 1. The van der Waals surface area contributed by atoms with E-state index < -0.39 is 0 Å². The van der Waals surface area contributed by atoms with Gasteiger partial charge in [0.05, 0.1) is 7.11 Å². The first-order chi connectivity index (χ1) is 6.65. The molecule has 1 rings (SSSR count). The molecule has 0 aliphatic heterocycles. The zero-order valence-electron chi connectivity index (χ0n) is 8.74. The zero-order chi connectivity index (χ0) is 10.6. The molecule has 1 unspecified atom stereocenters. The molecule has 0 saturated heterocycles. The summed E-state index contributed by atoms with van der Waals surface area (Å²) in [7, 11) is 1.55. The Morgan fingerprint density at radius 1 is 1.57 bits per heavy atom. The fraction of sp³-hybridized carbons (Fsp3) is 0.556. The molecule has 0 fully saturated rings. The summed E-state index contributed by atoms with van der Waals surface area (Å²) in [4.78, 5) is 8.22. The first kappa shape index (κ1) is 10.7. The summed E-state index contributed by atoms with van der Waals surface area (Å²) in [5, 5.41) is 3.15. The van der Waals surface area contributed by atoms with E-state index in [4.69, 9.17) is 10.5 Å². The van der Waals surface area contributed by atoms with Crippen LogP contribution in [0.3, 0.4) is 0 Å². The maximum atomic E-state index is 5.49. The van der Waals surface area contributed by atoms with Gasteiger partial charge in [-0.3, -0.25) is 0 Å². The molecule has 78 valence electrons. The van der Waals surface area contributed by atoms with Crippen molar-refractivity contribution in [2.24, 2.45) is 5.73 Å². The third kappa shape index (κ3) is 2.85. The van der Waals surface area contributed by atoms with Gasteiger partial charge in [0, 0.05) is 24.3 Å². The van der Waals surface area contributed by atoms with Gasteiger partial charge < -0.3 is 15.8 Å². The van der Waals surface area contributed by atoms with E-state index in [-0.39, 0.29) is 6.04 Å². The lowest BCUT2D eigenvalue weighted by Crippen LogP contribution is -2.25. The molecule has 3 N–H and O–H groups in total. The van der Waals surface area contributed by atoms with Crippen molar-refractivity contribution in [3.63, 3.8) is 0 Å². The molecule has 1 heterocycles. The molecule has 0 spiro atoms. The van der Waals surface area contributed by atoms with E-state index >= 15 is 0 Å². The normalized spacial score (nSPS) is 12.3. The lowest BCUT2D eigenvalue weighted by Gasteiger charge is -2.12. The monoisotopic (exact) mass is 196 g/mol. The van der Waals surface area contributed by atoms with Crippen LogP contribution < -0.4 is 15.8 Å². The van der Waals surface area contributed by atoms with E-state index in [1.165, 1.54) is 0 Å². The van der Waals surface area contributed by atoms with Crippen molar-refractivity contribution in [3.05, 3.63) is 11.8 Å². The largest absolute Gasteiger partial charge is 0.467 e. The van der Waals surface area contributed by atoms with E-state index in [2.05, 4.69) is 15.3 Å². The summed E-state index contributed by atoms with van der Waals surface area (Å²) in [5.41, 5.74) is 6.36. The van der Waals surface area contributed by atoms with E-state index in [1.807, 2.05) is 19.9 Å². The molecule has 0 radical (unpaired) electrons. The van der Waals surface area contributed by atoms with Crippen LogP contribution in [0.4, 0.5) is 5.82 Å². The zero-order valence-corrected chi connectivity index (χ0v) is 8.74. The highest BCUT2D eigenvalue weighted by Crippen LogP contribution is 2.11. The standard InChI is InChI=1S/C9H16N4O/c1-6-4-8(11-7(2)5-10)13-9(12-6)14-3/h4,7H,5,10H2,1-3H3,(H,11,12,13). The van der Waals surface area contributed by atoms with E-state index in [9.17, 15) is 0 Å². The summed E-state index contributed by atoms with van der Waals surface area (Å²) in [6, 6.07) is 2.42. The van der Waals surface area contributed by atoms with Crippen LogP contribution >= 0.6 is 0 Å². The molecular weight excluding hydrogens is 180 g/mol. The van der Waals surface area contributed by atoms with Gasteiger partial charge in [-0.1, -0.05) is 0 Å². The average molecular weight is 196 g/mol. The highest BCUT2D eigenvalue weighted by molar-refractivity contribution is 5.37. The summed E-state index contributed by atoms with van der Waals surface area (Å²) >= 11 is 0. The van der Waals surface area contributed by atoms with Gasteiger partial charge in [0.2, 0.25) is 0 Å². The van der Waals surface area contributed by atoms with Gasteiger partial charge in [-0.05, 0) is 13.8 Å². The van der Waals surface area contributed by atoms with Crippen LogP contribution in [0.5, 0.6) is 6.01 Å². The fourth-order valence-electron chi connectivity index (χ4n) is 1.02. The molecule has 0 saturated carbocycles. The van der Waals surface area contributed by atoms with E-state index in [0.717, 1.165) is 11.5 Å². The van der Waals surface area contributed by atoms with E-state index in [0.29, 0.717) is 12.6 Å². The average Bonchev–Trinajstić information content (AvgIpc) is 2.16. The number of nitrogens with zero attached hydrogens (tertiary/aromatic N) is 2. The molecule has 0 aromatic carbocycles. The molecule has 5 heteroatoms. The Morgan fingerprint density at radius 2 is 2.29 bits per heavy atom. The summed E-state index contributed by atoms with van der Waals surface area (Å²) < 4.78 is 4.96. The first-order valence-electron chi connectivity index (χ1n) is 4.52. The second kappa shape index (κ2) is 4.76. The minimum Gasteiger partial charge on any atom is -0.467 e.